The molecule has 2 rings (SSSR count). The van der Waals surface area contributed by atoms with E-state index >= 15 is 0 Å². The van der Waals surface area contributed by atoms with Gasteiger partial charge in [0, 0.05) is 5.92 Å². The van der Waals surface area contributed by atoms with Crippen molar-refractivity contribution in [1.29, 1.82) is 0 Å². The number of nitrogens with zero attached hydrogens (tertiary/aromatic N) is 2. The average Bonchev–Trinajstić information content (AvgIpc) is 2.87. The van der Waals surface area contributed by atoms with Crippen LogP contribution in [-0.2, 0) is 16.8 Å². The SMILES string of the molecule is O=c1sc(C2CC2)nn1CCS(=O)(=O)F. The third kappa shape index (κ3) is 2.85. The van der Waals surface area contributed by atoms with Gasteiger partial charge in [-0.2, -0.15) is 13.5 Å². The van der Waals surface area contributed by atoms with Crippen molar-refractivity contribution in [3.05, 3.63) is 14.7 Å². The molecule has 0 bridgehead atoms. The van der Waals surface area contributed by atoms with Crippen molar-refractivity contribution in [2.24, 2.45) is 0 Å². The fourth-order valence-corrected chi connectivity index (χ4v) is 2.50. The molecular formula is C7H9FN2O3S2. The molecule has 0 aromatic carbocycles. The highest BCUT2D eigenvalue weighted by Gasteiger charge is 2.28. The van der Waals surface area contributed by atoms with Crippen LogP contribution in [-0.4, -0.2) is 24.0 Å². The van der Waals surface area contributed by atoms with Crippen molar-refractivity contribution in [3.8, 4) is 0 Å². The standard InChI is InChI=1S/C7H9FN2O3S2/c8-15(12,13)4-3-10-7(11)14-6(9-10)5-1-2-5/h5H,1-4H2. The summed E-state index contributed by atoms with van der Waals surface area (Å²) in [6.07, 6.45) is 2.04. The lowest BCUT2D eigenvalue weighted by molar-refractivity contribution is 0.536. The summed E-state index contributed by atoms with van der Waals surface area (Å²) >= 11 is 1.01. The van der Waals surface area contributed by atoms with Gasteiger partial charge in [-0.25, -0.2) is 4.68 Å². The Morgan fingerprint density at radius 2 is 2.20 bits per heavy atom. The van der Waals surface area contributed by atoms with Gasteiger partial charge in [0.2, 0.25) is 0 Å². The highest BCUT2D eigenvalue weighted by atomic mass is 32.3. The summed E-state index contributed by atoms with van der Waals surface area (Å²) in [5, 5.41) is 4.70. The summed E-state index contributed by atoms with van der Waals surface area (Å²) in [5.74, 6) is -0.341. The first kappa shape index (κ1) is 10.7. The van der Waals surface area contributed by atoms with Crippen LogP contribution in [0, 0.1) is 0 Å². The van der Waals surface area contributed by atoms with E-state index in [0.717, 1.165) is 33.9 Å². The molecule has 1 fully saturated rings. The molecule has 0 aliphatic heterocycles. The Labute approximate surface area is 89.8 Å². The van der Waals surface area contributed by atoms with Gasteiger partial charge in [-0.3, -0.25) is 4.79 Å². The molecule has 1 aliphatic carbocycles. The molecule has 0 N–H and O–H groups in total. The van der Waals surface area contributed by atoms with Crippen LogP contribution in [0.5, 0.6) is 0 Å². The van der Waals surface area contributed by atoms with Crippen molar-refractivity contribution in [1.82, 2.24) is 9.78 Å². The minimum Gasteiger partial charge on any atom is -0.255 e. The van der Waals surface area contributed by atoms with E-state index in [4.69, 9.17) is 0 Å². The molecule has 1 saturated carbocycles. The van der Waals surface area contributed by atoms with Crippen LogP contribution in [0.15, 0.2) is 4.79 Å². The zero-order chi connectivity index (χ0) is 11.1. The van der Waals surface area contributed by atoms with Crippen LogP contribution >= 0.6 is 11.3 Å². The van der Waals surface area contributed by atoms with Crippen molar-refractivity contribution in [3.63, 3.8) is 0 Å². The molecule has 8 heteroatoms. The van der Waals surface area contributed by atoms with Crippen molar-refractivity contribution >= 4 is 21.6 Å². The lowest BCUT2D eigenvalue weighted by atomic mass is 10.5. The van der Waals surface area contributed by atoms with Gasteiger partial charge in [0.05, 0.1) is 12.3 Å². The first-order valence-corrected chi connectivity index (χ1v) is 6.83. The normalized spacial score (nSPS) is 16.9. The molecule has 1 aromatic rings. The predicted octanol–water partition coefficient (Wildman–Crippen LogP) is 0.481. The Morgan fingerprint density at radius 3 is 2.73 bits per heavy atom. The minimum atomic E-state index is -4.53. The summed E-state index contributed by atoms with van der Waals surface area (Å²) < 4.78 is 33.8. The topological polar surface area (TPSA) is 69.0 Å². The smallest absolute Gasteiger partial charge is 0.255 e. The van der Waals surface area contributed by atoms with Crippen LogP contribution in [0.25, 0.3) is 0 Å². The molecule has 1 aliphatic rings. The molecule has 1 aromatic heterocycles. The lowest BCUT2D eigenvalue weighted by Gasteiger charge is -1.95. The van der Waals surface area contributed by atoms with E-state index in [0.29, 0.717) is 5.92 Å². The third-order valence-corrected chi connectivity index (χ3v) is 3.78. The monoisotopic (exact) mass is 252 g/mol. The third-order valence-electron chi connectivity index (χ3n) is 2.10. The Morgan fingerprint density at radius 1 is 1.53 bits per heavy atom. The van der Waals surface area contributed by atoms with E-state index in [1.807, 2.05) is 0 Å². The fraction of sp³-hybridized carbons (Fsp3) is 0.714. The summed E-state index contributed by atoms with van der Waals surface area (Å²) in [6.45, 7) is -0.207. The van der Waals surface area contributed by atoms with Gasteiger partial charge < -0.3 is 0 Å². The number of rotatable bonds is 4. The molecule has 5 nitrogen and oxygen atoms in total. The van der Waals surface area contributed by atoms with Crippen LogP contribution in [0.1, 0.15) is 23.8 Å². The summed E-state index contributed by atoms with van der Waals surface area (Å²) in [4.78, 5) is 11.0. The van der Waals surface area contributed by atoms with Crippen LogP contribution in [0.3, 0.4) is 0 Å². The van der Waals surface area contributed by atoms with Gasteiger partial charge in [0.1, 0.15) is 5.01 Å². The van der Waals surface area contributed by atoms with E-state index in [-0.39, 0.29) is 11.4 Å². The average molecular weight is 252 g/mol. The molecular weight excluding hydrogens is 243 g/mol. The van der Waals surface area contributed by atoms with Gasteiger partial charge in [0.25, 0.3) is 0 Å². The van der Waals surface area contributed by atoms with E-state index in [2.05, 4.69) is 5.10 Å². The maximum Gasteiger partial charge on any atom is 0.325 e. The largest absolute Gasteiger partial charge is 0.325 e. The lowest BCUT2D eigenvalue weighted by Crippen LogP contribution is -2.19. The number of halogens is 1. The second-order valence-electron chi connectivity index (χ2n) is 3.45. The number of hydrogen-bond acceptors (Lipinski definition) is 5. The molecule has 1 heterocycles. The van der Waals surface area contributed by atoms with E-state index in [1.165, 1.54) is 0 Å². The van der Waals surface area contributed by atoms with Crippen molar-refractivity contribution < 1.29 is 12.3 Å². The van der Waals surface area contributed by atoms with Crippen LogP contribution in [0.4, 0.5) is 3.89 Å². The maximum absolute atomic E-state index is 12.2. The Hall–Kier alpha value is -0.760. The molecule has 0 atom stereocenters. The van der Waals surface area contributed by atoms with Crippen LogP contribution < -0.4 is 4.87 Å². The summed E-state index contributed by atoms with van der Waals surface area (Å²) in [5.41, 5.74) is 0. The van der Waals surface area contributed by atoms with Gasteiger partial charge in [0.15, 0.2) is 0 Å². The predicted molar refractivity (Wildman–Crippen MR) is 53.2 cm³/mol. The quantitative estimate of drug-likeness (QED) is 0.731. The highest BCUT2D eigenvalue weighted by Crippen LogP contribution is 2.39. The Bertz CT molecular complexity index is 515. The van der Waals surface area contributed by atoms with Gasteiger partial charge >= 0.3 is 15.1 Å². The first-order valence-electron chi connectivity index (χ1n) is 4.46. The van der Waals surface area contributed by atoms with E-state index in [9.17, 15) is 17.1 Å². The van der Waals surface area contributed by atoms with Gasteiger partial charge in [-0.15, -0.1) is 3.89 Å². The molecule has 0 amide bonds. The second kappa shape index (κ2) is 3.67. The number of hydrogen-bond donors (Lipinski definition) is 0. The fourth-order valence-electron chi connectivity index (χ4n) is 1.15. The van der Waals surface area contributed by atoms with E-state index in [1.54, 1.807) is 0 Å². The molecule has 0 saturated heterocycles. The van der Waals surface area contributed by atoms with Crippen LogP contribution in [0.2, 0.25) is 0 Å². The summed E-state index contributed by atoms with van der Waals surface area (Å²) in [7, 11) is -4.53. The van der Waals surface area contributed by atoms with Crippen molar-refractivity contribution in [2.45, 2.75) is 25.3 Å². The molecule has 15 heavy (non-hydrogen) atoms. The maximum atomic E-state index is 12.2. The van der Waals surface area contributed by atoms with Gasteiger partial charge in [-0.05, 0) is 12.8 Å². The van der Waals surface area contributed by atoms with Gasteiger partial charge in [-0.1, -0.05) is 11.3 Å². The molecule has 0 unspecified atom stereocenters. The zero-order valence-corrected chi connectivity index (χ0v) is 9.35. The molecule has 0 spiro atoms. The molecule has 84 valence electrons. The molecule has 0 radical (unpaired) electrons. The Balaban J connectivity index is 2.11. The summed E-state index contributed by atoms with van der Waals surface area (Å²) in [6, 6.07) is 0. The second-order valence-corrected chi connectivity index (χ2v) is 5.90. The number of aryl methyl sites for hydroxylation is 1. The first-order chi connectivity index (χ1) is 6.96. The van der Waals surface area contributed by atoms with E-state index < -0.39 is 16.0 Å². The number of aromatic nitrogens is 2. The Kier molecular flexibility index (Phi) is 2.63. The highest BCUT2D eigenvalue weighted by molar-refractivity contribution is 7.86. The minimum absolute atomic E-state index is 0.207. The van der Waals surface area contributed by atoms with Crippen molar-refractivity contribution in [2.75, 3.05) is 5.75 Å². The zero-order valence-electron chi connectivity index (χ0n) is 7.72.